The molecule has 2 aromatic rings. The third-order valence-corrected chi connectivity index (χ3v) is 3.86. The van der Waals surface area contributed by atoms with Crippen molar-refractivity contribution in [2.75, 3.05) is 5.73 Å². The lowest BCUT2D eigenvalue weighted by molar-refractivity contribution is 0.0702. The number of carboxylic acids is 1. The predicted molar refractivity (Wildman–Crippen MR) is 73.0 cm³/mol. The molecule has 1 aromatic heterocycles. The van der Waals surface area contributed by atoms with Gasteiger partial charge in [-0.25, -0.2) is 9.78 Å². The van der Waals surface area contributed by atoms with Crippen molar-refractivity contribution in [1.82, 2.24) is 4.98 Å². The molecule has 4 nitrogen and oxygen atoms in total. The van der Waals surface area contributed by atoms with Crippen molar-refractivity contribution in [2.45, 2.75) is 19.8 Å². The average Bonchev–Trinajstić information content (AvgIpc) is 2.75. The summed E-state index contributed by atoms with van der Waals surface area (Å²) in [5, 5.41) is 10.1. The zero-order chi connectivity index (χ0) is 13.3. The number of carbonyl (C=O) groups is 1. The Labute approximate surface area is 109 Å². The highest BCUT2D eigenvalue weighted by Gasteiger charge is 2.19. The summed E-state index contributed by atoms with van der Waals surface area (Å²) in [6.45, 7) is 3.99. The van der Waals surface area contributed by atoms with Gasteiger partial charge in [0.05, 0.1) is 10.7 Å². The van der Waals surface area contributed by atoms with Crippen LogP contribution in [0, 0.1) is 0 Å². The summed E-state index contributed by atoms with van der Waals surface area (Å²) in [5.74, 6) is -0.721. The summed E-state index contributed by atoms with van der Waals surface area (Å²) in [5.41, 5.74) is 7.58. The molecule has 0 aliphatic heterocycles. The maximum absolute atomic E-state index is 11.2. The molecule has 18 heavy (non-hydrogen) atoms. The molecule has 2 rings (SSSR count). The molecule has 5 heteroatoms. The molecular formula is C13H14N2O2S. The number of benzene rings is 1. The minimum atomic E-state index is -0.939. The molecule has 94 valence electrons. The SMILES string of the molecule is CC(C)c1nc(-c2ccc(N)cc2)c(C(=O)O)s1. The Bertz CT molecular complexity index is 573. The molecule has 0 radical (unpaired) electrons. The Kier molecular flexibility index (Phi) is 3.34. The quantitative estimate of drug-likeness (QED) is 0.833. The standard InChI is InChI=1S/C13H14N2O2S/c1-7(2)12-15-10(11(18-12)13(16)17)8-3-5-9(14)6-4-8/h3-7H,14H2,1-2H3,(H,16,17). The molecule has 0 unspecified atom stereocenters. The molecule has 0 spiro atoms. The summed E-state index contributed by atoms with van der Waals surface area (Å²) in [6, 6.07) is 7.08. The first-order valence-electron chi connectivity index (χ1n) is 5.59. The van der Waals surface area contributed by atoms with Crippen molar-refractivity contribution in [2.24, 2.45) is 0 Å². The van der Waals surface area contributed by atoms with Crippen LogP contribution in [-0.4, -0.2) is 16.1 Å². The van der Waals surface area contributed by atoms with Crippen LogP contribution >= 0.6 is 11.3 Å². The van der Waals surface area contributed by atoms with Crippen LogP contribution < -0.4 is 5.73 Å². The van der Waals surface area contributed by atoms with Crippen LogP contribution in [0.2, 0.25) is 0 Å². The highest BCUT2D eigenvalue weighted by atomic mass is 32.1. The Balaban J connectivity index is 2.55. The minimum Gasteiger partial charge on any atom is -0.477 e. The number of aromatic carboxylic acids is 1. The fraction of sp³-hybridized carbons (Fsp3) is 0.231. The fourth-order valence-corrected chi connectivity index (χ4v) is 2.49. The lowest BCUT2D eigenvalue weighted by Gasteiger charge is -2.00. The van der Waals surface area contributed by atoms with Gasteiger partial charge in [-0.2, -0.15) is 0 Å². The molecule has 3 N–H and O–H groups in total. The van der Waals surface area contributed by atoms with Crippen LogP contribution in [0.5, 0.6) is 0 Å². The zero-order valence-electron chi connectivity index (χ0n) is 10.2. The van der Waals surface area contributed by atoms with Crippen molar-refractivity contribution < 1.29 is 9.90 Å². The van der Waals surface area contributed by atoms with E-state index in [1.165, 1.54) is 11.3 Å². The fourth-order valence-electron chi connectivity index (χ4n) is 1.57. The third-order valence-electron chi connectivity index (χ3n) is 2.52. The molecule has 0 atom stereocenters. The van der Waals surface area contributed by atoms with Crippen LogP contribution in [0.25, 0.3) is 11.3 Å². The number of anilines is 1. The Hall–Kier alpha value is -1.88. The summed E-state index contributed by atoms with van der Waals surface area (Å²) >= 11 is 1.23. The number of hydrogen-bond donors (Lipinski definition) is 2. The van der Waals surface area contributed by atoms with Gasteiger partial charge in [0.1, 0.15) is 4.88 Å². The summed E-state index contributed by atoms with van der Waals surface area (Å²) in [4.78, 5) is 16.0. The normalized spacial score (nSPS) is 10.8. The second kappa shape index (κ2) is 4.78. The molecule has 0 saturated carbocycles. The van der Waals surface area contributed by atoms with Crippen LogP contribution in [-0.2, 0) is 0 Å². The van der Waals surface area contributed by atoms with E-state index in [1.54, 1.807) is 24.3 Å². The van der Waals surface area contributed by atoms with Gasteiger partial charge in [-0.15, -0.1) is 11.3 Å². The van der Waals surface area contributed by atoms with Gasteiger partial charge in [0.2, 0.25) is 0 Å². The van der Waals surface area contributed by atoms with Crippen molar-refractivity contribution in [3.63, 3.8) is 0 Å². The number of aromatic nitrogens is 1. The first-order chi connectivity index (χ1) is 8.49. The van der Waals surface area contributed by atoms with E-state index in [-0.39, 0.29) is 10.8 Å². The van der Waals surface area contributed by atoms with Crippen LogP contribution in [0.15, 0.2) is 24.3 Å². The molecule has 0 amide bonds. The third kappa shape index (κ3) is 2.36. The van der Waals surface area contributed by atoms with E-state index in [1.807, 2.05) is 13.8 Å². The molecule has 0 aliphatic rings. The number of hydrogen-bond acceptors (Lipinski definition) is 4. The Morgan fingerprint density at radius 1 is 1.33 bits per heavy atom. The highest BCUT2D eigenvalue weighted by Crippen LogP contribution is 2.32. The average molecular weight is 262 g/mol. The van der Waals surface area contributed by atoms with E-state index >= 15 is 0 Å². The first-order valence-corrected chi connectivity index (χ1v) is 6.40. The Morgan fingerprint density at radius 3 is 2.44 bits per heavy atom. The van der Waals surface area contributed by atoms with Gasteiger partial charge in [0, 0.05) is 17.2 Å². The van der Waals surface area contributed by atoms with Crippen LogP contribution in [0.1, 0.15) is 34.4 Å². The van der Waals surface area contributed by atoms with E-state index in [0.717, 1.165) is 10.6 Å². The topological polar surface area (TPSA) is 76.2 Å². The first kappa shape index (κ1) is 12.6. The second-order valence-electron chi connectivity index (χ2n) is 4.31. The van der Waals surface area contributed by atoms with Gasteiger partial charge in [-0.05, 0) is 12.1 Å². The number of thiazole rings is 1. The lowest BCUT2D eigenvalue weighted by Crippen LogP contribution is -1.95. The molecule has 1 heterocycles. The van der Waals surface area contributed by atoms with Crippen molar-refractivity contribution in [3.05, 3.63) is 34.2 Å². The molecule has 0 fully saturated rings. The van der Waals surface area contributed by atoms with Gasteiger partial charge < -0.3 is 10.8 Å². The molecular weight excluding hydrogens is 248 g/mol. The summed E-state index contributed by atoms with van der Waals surface area (Å²) < 4.78 is 0. The van der Waals surface area contributed by atoms with Crippen LogP contribution in [0.3, 0.4) is 0 Å². The highest BCUT2D eigenvalue weighted by molar-refractivity contribution is 7.14. The van der Waals surface area contributed by atoms with Crippen LogP contribution in [0.4, 0.5) is 5.69 Å². The van der Waals surface area contributed by atoms with Gasteiger partial charge in [0.25, 0.3) is 0 Å². The second-order valence-corrected chi connectivity index (χ2v) is 5.34. The van der Waals surface area contributed by atoms with E-state index in [2.05, 4.69) is 4.98 Å². The predicted octanol–water partition coefficient (Wildman–Crippen LogP) is 3.21. The number of nitrogens with two attached hydrogens (primary N) is 1. The zero-order valence-corrected chi connectivity index (χ0v) is 11.0. The van der Waals surface area contributed by atoms with E-state index in [0.29, 0.717) is 11.4 Å². The van der Waals surface area contributed by atoms with Gasteiger partial charge in [0.15, 0.2) is 0 Å². The molecule has 0 saturated heterocycles. The Morgan fingerprint density at radius 2 is 1.94 bits per heavy atom. The van der Waals surface area contributed by atoms with E-state index in [9.17, 15) is 9.90 Å². The number of nitrogen functional groups attached to an aromatic ring is 1. The van der Waals surface area contributed by atoms with Crippen molar-refractivity contribution >= 4 is 23.0 Å². The molecule has 1 aromatic carbocycles. The van der Waals surface area contributed by atoms with E-state index in [4.69, 9.17) is 5.73 Å². The number of nitrogens with zero attached hydrogens (tertiary/aromatic N) is 1. The van der Waals surface area contributed by atoms with Gasteiger partial charge in [-0.1, -0.05) is 26.0 Å². The summed E-state index contributed by atoms with van der Waals surface area (Å²) in [6.07, 6.45) is 0. The minimum absolute atomic E-state index is 0.218. The summed E-state index contributed by atoms with van der Waals surface area (Å²) in [7, 11) is 0. The molecule has 0 bridgehead atoms. The van der Waals surface area contributed by atoms with Gasteiger partial charge >= 0.3 is 5.97 Å². The van der Waals surface area contributed by atoms with Crippen molar-refractivity contribution in [1.29, 1.82) is 0 Å². The number of carboxylic acid groups (broad SMARTS) is 1. The monoisotopic (exact) mass is 262 g/mol. The largest absolute Gasteiger partial charge is 0.477 e. The number of rotatable bonds is 3. The van der Waals surface area contributed by atoms with Crippen molar-refractivity contribution in [3.8, 4) is 11.3 Å². The smallest absolute Gasteiger partial charge is 0.348 e. The lowest BCUT2D eigenvalue weighted by atomic mass is 10.1. The van der Waals surface area contributed by atoms with E-state index < -0.39 is 5.97 Å². The maximum Gasteiger partial charge on any atom is 0.348 e. The van der Waals surface area contributed by atoms with Gasteiger partial charge in [-0.3, -0.25) is 0 Å². The maximum atomic E-state index is 11.2. The molecule has 0 aliphatic carbocycles.